The normalized spacial score (nSPS) is 21.4. The number of urea groups is 1. The van der Waals surface area contributed by atoms with Crippen molar-refractivity contribution in [3.05, 3.63) is 52.5 Å². The molecule has 8 heteroatoms. The van der Waals surface area contributed by atoms with Crippen LogP contribution in [0.15, 0.2) is 42.5 Å². The first-order valence-electron chi connectivity index (χ1n) is 12.2. The van der Waals surface area contributed by atoms with Gasteiger partial charge in [0.25, 0.3) is 0 Å². The molecular formula is C26H34Cl2N4O2. The molecule has 2 N–H and O–H groups in total. The molecule has 2 amide bonds. The largest absolute Gasteiger partial charge is 0.489 e. The van der Waals surface area contributed by atoms with Gasteiger partial charge >= 0.3 is 6.03 Å². The lowest BCUT2D eigenvalue weighted by Crippen LogP contribution is -2.52. The van der Waals surface area contributed by atoms with E-state index in [0.717, 1.165) is 57.6 Å². The smallest absolute Gasteiger partial charge is 0.319 e. The molecule has 1 aliphatic carbocycles. The Bertz CT molecular complexity index is 951. The summed E-state index contributed by atoms with van der Waals surface area (Å²) in [7, 11) is 0. The number of halogens is 2. The lowest BCUT2D eigenvalue weighted by molar-refractivity contribution is 0.137. The molecule has 0 radical (unpaired) electrons. The second-order valence-corrected chi connectivity index (χ2v) is 10.2. The van der Waals surface area contributed by atoms with E-state index in [0.29, 0.717) is 21.8 Å². The van der Waals surface area contributed by atoms with Gasteiger partial charge in [-0.05, 0) is 63.8 Å². The SMILES string of the molecule is CC(C)Oc1ccccc1N1CCN([C@H]2CC[C@@H](NC(=O)Nc3c(Cl)cccc3Cl)CC2)CC1. The Morgan fingerprint density at radius 1 is 0.941 bits per heavy atom. The number of amides is 2. The van der Waals surface area contributed by atoms with Crippen molar-refractivity contribution in [2.75, 3.05) is 36.4 Å². The average molecular weight is 505 g/mol. The lowest BCUT2D eigenvalue weighted by Gasteiger charge is -2.43. The van der Waals surface area contributed by atoms with Crippen molar-refractivity contribution in [3.63, 3.8) is 0 Å². The molecule has 0 atom stereocenters. The predicted molar refractivity (Wildman–Crippen MR) is 141 cm³/mol. The standard InChI is InChI=1S/C26H34Cl2N4O2/c1-18(2)34-24-9-4-3-8-23(24)32-16-14-31(15-17-32)20-12-10-19(11-13-20)29-26(33)30-25-21(27)6-5-7-22(25)28/h3-9,18-20H,10-17H2,1-2H3,(H2,29,30,33)/t19-,20+. The topological polar surface area (TPSA) is 56.8 Å². The summed E-state index contributed by atoms with van der Waals surface area (Å²) in [5.41, 5.74) is 1.64. The highest BCUT2D eigenvalue weighted by Gasteiger charge is 2.29. The van der Waals surface area contributed by atoms with Gasteiger partial charge in [0.2, 0.25) is 0 Å². The molecule has 0 spiro atoms. The Hall–Kier alpha value is -2.15. The maximum Gasteiger partial charge on any atom is 0.319 e. The zero-order valence-electron chi connectivity index (χ0n) is 19.9. The van der Waals surface area contributed by atoms with E-state index in [1.54, 1.807) is 18.2 Å². The number of hydrogen-bond donors (Lipinski definition) is 2. The highest BCUT2D eigenvalue weighted by atomic mass is 35.5. The molecule has 1 saturated carbocycles. The number of para-hydroxylation sites is 3. The van der Waals surface area contributed by atoms with Gasteiger partial charge in [-0.1, -0.05) is 41.4 Å². The molecule has 2 aromatic rings. The summed E-state index contributed by atoms with van der Waals surface area (Å²) < 4.78 is 6.03. The fourth-order valence-electron chi connectivity index (χ4n) is 4.94. The van der Waals surface area contributed by atoms with Crippen molar-refractivity contribution in [3.8, 4) is 5.75 Å². The Morgan fingerprint density at radius 2 is 1.59 bits per heavy atom. The van der Waals surface area contributed by atoms with Crippen molar-refractivity contribution in [1.29, 1.82) is 0 Å². The van der Waals surface area contributed by atoms with Crippen molar-refractivity contribution in [2.24, 2.45) is 0 Å². The van der Waals surface area contributed by atoms with E-state index in [1.807, 2.05) is 6.07 Å². The van der Waals surface area contributed by atoms with Crippen LogP contribution in [0.5, 0.6) is 5.75 Å². The summed E-state index contributed by atoms with van der Waals surface area (Å²) in [6.45, 7) is 8.22. The molecule has 0 bridgehead atoms. The van der Waals surface area contributed by atoms with Crippen LogP contribution in [0.1, 0.15) is 39.5 Å². The molecule has 4 rings (SSSR count). The number of rotatable bonds is 6. The van der Waals surface area contributed by atoms with Gasteiger partial charge in [0.15, 0.2) is 0 Å². The molecule has 184 valence electrons. The van der Waals surface area contributed by atoms with Gasteiger partial charge < -0.3 is 20.3 Å². The number of anilines is 2. The molecule has 0 unspecified atom stereocenters. The molecule has 34 heavy (non-hydrogen) atoms. The minimum atomic E-state index is -0.255. The first kappa shape index (κ1) is 25.0. The monoisotopic (exact) mass is 504 g/mol. The Kier molecular flexibility index (Phi) is 8.46. The predicted octanol–water partition coefficient (Wildman–Crippen LogP) is 6.04. The number of ether oxygens (including phenoxy) is 1. The van der Waals surface area contributed by atoms with E-state index in [2.05, 4.69) is 52.5 Å². The van der Waals surface area contributed by atoms with Gasteiger partial charge in [-0.2, -0.15) is 0 Å². The summed E-state index contributed by atoms with van der Waals surface area (Å²) in [6, 6.07) is 14.0. The maximum atomic E-state index is 12.5. The Labute approximate surface area is 212 Å². The lowest BCUT2D eigenvalue weighted by atomic mass is 9.90. The van der Waals surface area contributed by atoms with E-state index < -0.39 is 0 Å². The molecule has 1 aliphatic heterocycles. The van der Waals surface area contributed by atoms with Crippen LogP contribution in [0, 0.1) is 0 Å². The molecule has 6 nitrogen and oxygen atoms in total. The Balaban J connectivity index is 1.23. The third kappa shape index (κ3) is 6.29. The summed E-state index contributed by atoms with van der Waals surface area (Å²) >= 11 is 12.3. The molecule has 2 aromatic carbocycles. The number of piperazine rings is 1. The van der Waals surface area contributed by atoms with Gasteiger partial charge in [-0.3, -0.25) is 4.90 Å². The summed E-state index contributed by atoms with van der Waals surface area (Å²) in [4.78, 5) is 17.5. The third-order valence-electron chi connectivity index (χ3n) is 6.63. The number of nitrogens with one attached hydrogen (secondary N) is 2. The second-order valence-electron chi connectivity index (χ2n) is 9.36. The number of carbonyl (C=O) groups excluding carboxylic acids is 1. The van der Waals surface area contributed by atoms with Crippen LogP contribution < -0.4 is 20.3 Å². The summed E-state index contributed by atoms with van der Waals surface area (Å²) in [5, 5.41) is 6.75. The maximum absolute atomic E-state index is 12.5. The number of hydrogen-bond acceptors (Lipinski definition) is 4. The van der Waals surface area contributed by atoms with E-state index in [-0.39, 0.29) is 18.2 Å². The van der Waals surface area contributed by atoms with Crippen LogP contribution in [0.25, 0.3) is 0 Å². The van der Waals surface area contributed by atoms with Crippen LogP contribution in [0.3, 0.4) is 0 Å². The molecule has 2 fully saturated rings. The molecule has 2 aliphatic rings. The quantitative estimate of drug-likeness (QED) is 0.503. The minimum Gasteiger partial charge on any atom is -0.489 e. The molecule has 1 heterocycles. The molecule has 0 aromatic heterocycles. The molecular weight excluding hydrogens is 471 g/mol. The van der Waals surface area contributed by atoms with Gasteiger partial charge in [0, 0.05) is 38.3 Å². The zero-order chi connectivity index (χ0) is 24.1. The highest BCUT2D eigenvalue weighted by molar-refractivity contribution is 6.39. The highest BCUT2D eigenvalue weighted by Crippen LogP contribution is 2.32. The number of carbonyl (C=O) groups is 1. The number of nitrogens with zero attached hydrogens (tertiary/aromatic N) is 2. The first-order chi connectivity index (χ1) is 16.4. The first-order valence-corrected chi connectivity index (χ1v) is 12.9. The number of benzene rings is 2. The van der Waals surface area contributed by atoms with Crippen LogP contribution in [0.2, 0.25) is 10.0 Å². The van der Waals surface area contributed by atoms with Crippen molar-refractivity contribution >= 4 is 40.6 Å². The van der Waals surface area contributed by atoms with Gasteiger partial charge in [0.05, 0.1) is 27.5 Å². The van der Waals surface area contributed by atoms with E-state index in [9.17, 15) is 4.79 Å². The van der Waals surface area contributed by atoms with Crippen LogP contribution in [-0.2, 0) is 0 Å². The Morgan fingerprint density at radius 3 is 2.24 bits per heavy atom. The van der Waals surface area contributed by atoms with E-state index >= 15 is 0 Å². The second kappa shape index (κ2) is 11.5. The van der Waals surface area contributed by atoms with Crippen LogP contribution in [0.4, 0.5) is 16.2 Å². The van der Waals surface area contributed by atoms with Gasteiger partial charge in [-0.15, -0.1) is 0 Å². The fraction of sp³-hybridized carbons (Fsp3) is 0.500. The zero-order valence-corrected chi connectivity index (χ0v) is 21.4. The van der Waals surface area contributed by atoms with E-state index in [4.69, 9.17) is 27.9 Å². The molecule has 1 saturated heterocycles. The van der Waals surface area contributed by atoms with Crippen LogP contribution >= 0.6 is 23.2 Å². The van der Waals surface area contributed by atoms with Crippen molar-refractivity contribution < 1.29 is 9.53 Å². The van der Waals surface area contributed by atoms with Gasteiger partial charge in [-0.25, -0.2) is 4.79 Å². The van der Waals surface area contributed by atoms with Crippen molar-refractivity contribution in [1.82, 2.24) is 10.2 Å². The van der Waals surface area contributed by atoms with Crippen LogP contribution in [-0.4, -0.2) is 55.3 Å². The fourth-order valence-corrected chi connectivity index (χ4v) is 5.43. The van der Waals surface area contributed by atoms with Crippen molar-refractivity contribution in [2.45, 2.75) is 57.7 Å². The third-order valence-corrected chi connectivity index (χ3v) is 7.26. The summed E-state index contributed by atoms with van der Waals surface area (Å²) in [6.07, 6.45) is 4.28. The average Bonchev–Trinajstić information content (AvgIpc) is 2.82. The minimum absolute atomic E-state index is 0.162. The van der Waals surface area contributed by atoms with E-state index in [1.165, 1.54) is 5.69 Å². The van der Waals surface area contributed by atoms with Gasteiger partial charge in [0.1, 0.15) is 5.75 Å². The summed E-state index contributed by atoms with van der Waals surface area (Å²) in [5.74, 6) is 0.967.